The van der Waals surface area contributed by atoms with Crippen molar-refractivity contribution in [3.63, 3.8) is 0 Å². The normalized spacial score (nSPS) is 16.9. The molecule has 0 aromatic rings. The molecule has 1 fully saturated rings. The van der Waals surface area contributed by atoms with Gasteiger partial charge in [-0.25, -0.2) is 13.1 Å². The Morgan fingerprint density at radius 2 is 1.92 bits per heavy atom. The van der Waals surface area contributed by atoms with Gasteiger partial charge in [-0.3, -0.25) is 4.99 Å². The Balaban J connectivity index is 2.33. The third-order valence-corrected chi connectivity index (χ3v) is 5.63. The molecule has 8 nitrogen and oxygen atoms in total. The van der Waals surface area contributed by atoms with E-state index in [9.17, 15) is 8.42 Å². The van der Waals surface area contributed by atoms with Gasteiger partial charge >= 0.3 is 0 Å². The molecule has 0 aromatic carbocycles. The van der Waals surface area contributed by atoms with Crippen LogP contribution in [-0.2, 0) is 19.5 Å². The number of hydrogen-bond acceptors (Lipinski definition) is 5. The molecular formula is C17H36N4O4S. The number of aliphatic imine (C=N–C) groups is 1. The van der Waals surface area contributed by atoms with Crippen molar-refractivity contribution in [1.29, 1.82) is 0 Å². The highest BCUT2D eigenvalue weighted by Gasteiger charge is 2.21. The second-order valence-corrected chi connectivity index (χ2v) is 8.39. The first-order valence-corrected chi connectivity index (χ1v) is 11.3. The molecule has 0 spiro atoms. The number of guanidine groups is 1. The van der Waals surface area contributed by atoms with Crippen LogP contribution in [0.25, 0.3) is 0 Å². The molecule has 154 valence electrons. The van der Waals surface area contributed by atoms with Gasteiger partial charge in [-0.15, -0.1) is 0 Å². The van der Waals surface area contributed by atoms with E-state index in [1.165, 1.54) is 0 Å². The smallest absolute Gasteiger partial charge is 0.211 e. The van der Waals surface area contributed by atoms with Gasteiger partial charge in [-0.05, 0) is 39.5 Å². The van der Waals surface area contributed by atoms with Gasteiger partial charge in [0.15, 0.2) is 5.96 Å². The number of nitrogens with zero attached hydrogens (tertiary/aromatic N) is 2. The number of sulfonamides is 1. The summed E-state index contributed by atoms with van der Waals surface area (Å²) in [4.78, 5) is 6.89. The molecule has 0 bridgehead atoms. The average molecular weight is 393 g/mol. The van der Waals surface area contributed by atoms with Crippen molar-refractivity contribution in [2.75, 3.05) is 58.8 Å². The first-order chi connectivity index (χ1) is 12.5. The molecule has 0 amide bonds. The molecule has 1 saturated heterocycles. The Morgan fingerprint density at radius 3 is 2.54 bits per heavy atom. The Kier molecular flexibility index (Phi) is 11.8. The lowest BCUT2D eigenvalue weighted by molar-refractivity contribution is 0.00991. The number of hydrogen-bond donors (Lipinski definition) is 2. The second kappa shape index (κ2) is 13.3. The van der Waals surface area contributed by atoms with Crippen LogP contribution in [0.3, 0.4) is 0 Å². The predicted molar refractivity (Wildman–Crippen MR) is 105 cm³/mol. The van der Waals surface area contributed by atoms with E-state index in [4.69, 9.17) is 9.47 Å². The molecule has 0 atom stereocenters. The van der Waals surface area contributed by atoms with Crippen LogP contribution in [0.5, 0.6) is 0 Å². The van der Waals surface area contributed by atoms with E-state index in [1.807, 2.05) is 0 Å². The van der Waals surface area contributed by atoms with E-state index in [0.29, 0.717) is 25.6 Å². The van der Waals surface area contributed by atoms with Crippen LogP contribution in [-0.4, -0.2) is 84.2 Å². The number of nitrogens with one attached hydrogen (secondary N) is 2. The van der Waals surface area contributed by atoms with Crippen molar-refractivity contribution in [1.82, 2.24) is 14.9 Å². The fourth-order valence-corrected chi connectivity index (χ4v) is 3.37. The second-order valence-electron chi connectivity index (χ2n) is 6.29. The van der Waals surface area contributed by atoms with E-state index < -0.39 is 10.0 Å². The molecule has 1 aliphatic heterocycles. The monoisotopic (exact) mass is 392 g/mol. The molecule has 0 radical (unpaired) electrons. The van der Waals surface area contributed by atoms with Crippen LogP contribution in [0, 0.1) is 0 Å². The van der Waals surface area contributed by atoms with Gasteiger partial charge in [0.1, 0.15) is 0 Å². The van der Waals surface area contributed by atoms with Crippen molar-refractivity contribution in [3.8, 4) is 0 Å². The van der Waals surface area contributed by atoms with Crippen LogP contribution in [0.2, 0.25) is 0 Å². The van der Waals surface area contributed by atoms with E-state index in [2.05, 4.69) is 26.9 Å². The number of piperidine rings is 1. The fourth-order valence-electron chi connectivity index (χ4n) is 2.71. The fraction of sp³-hybridized carbons (Fsp3) is 0.941. The van der Waals surface area contributed by atoms with E-state index >= 15 is 0 Å². The molecule has 2 N–H and O–H groups in total. The number of likely N-dealkylation sites (tertiary alicyclic amines) is 1. The molecular weight excluding hydrogens is 356 g/mol. The van der Waals surface area contributed by atoms with E-state index in [0.717, 1.165) is 58.1 Å². The lowest BCUT2D eigenvalue weighted by Crippen LogP contribution is -2.47. The molecule has 26 heavy (non-hydrogen) atoms. The van der Waals surface area contributed by atoms with Gasteiger partial charge in [0.05, 0.1) is 11.9 Å². The van der Waals surface area contributed by atoms with Gasteiger partial charge in [-0.2, -0.15) is 0 Å². The van der Waals surface area contributed by atoms with Crippen molar-refractivity contribution in [3.05, 3.63) is 0 Å². The first kappa shape index (κ1) is 23.1. The molecule has 1 aliphatic rings. The van der Waals surface area contributed by atoms with E-state index in [-0.39, 0.29) is 5.75 Å². The van der Waals surface area contributed by atoms with Crippen molar-refractivity contribution in [2.24, 2.45) is 4.99 Å². The summed E-state index contributed by atoms with van der Waals surface area (Å²) >= 11 is 0. The summed E-state index contributed by atoms with van der Waals surface area (Å²) in [6, 6.07) is 0. The van der Waals surface area contributed by atoms with Crippen LogP contribution in [0.4, 0.5) is 0 Å². The summed E-state index contributed by atoms with van der Waals surface area (Å²) in [6.45, 7) is 8.86. The maximum atomic E-state index is 11.4. The molecule has 0 aliphatic carbocycles. The van der Waals surface area contributed by atoms with Gasteiger partial charge in [0.2, 0.25) is 10.0 Å². The Labute approximate surface area is 158 Å². The lowest BCUT2D eigenvalue weighted by Gasteiger charge is -2.34. The third-order valence-electron chi connectivity index (χ3n) is 4.22. The molecule has 0 unspecified atom stereocenters. The van der Waals surface area contributed by atoms with Crippen LogP contribution in [0.1, 0.15) is 39.5 Å². The number of rotatable bonds is 12. The zero-order valence-electron chi connectivity index (χ0n) is 16.5. The Bertz CT molecular complexity index is 491. The van der Waals surface area contributed by atoms with Gasteiger partial charge in [-0.1, -0.05) is 0 Å². The summed E-state index contributed by atoms with van der Waals surface area (Å²) in [6.07, 6.45) is 3.92. The minimum Gasteiger partial charge on any atom is -0.385 e. The molecule has 0 saturated carbocycles. The highest BCUT2D eigenvalue weighted by molar-refractivity contribution is 7.89. The van der Waals surface area contributed by atoms with Crippen LogP contribution in [0.15, 0.2) is 4.99 Å². The standard InChI is InChI=1S/C17H36N4O4S/c1-4-18-17(19-10-6-11-20-26(22,23)5-2)21-12-8-16(9-13-21)25-15-7-14-24-3/h16,20H,4-15H2,1-3H3,(H,18,19). The maximum Gasteiger partial charge on any atom is 0.211 e. The highest BCUT2D eigenvalue weighted by atomic mass is 32.2. The third kappa shape index (κ3) is 9.70. The van der Waals surface area contributed by atoms with Gasteiger partial charge < -0.3 is 19.7 Å². The minimum absolute atomic E-state index is 0.112. The van der Waals surface area contributed by atoms with Gasteiger partial charge in [0.25, 0.3) is 0 Å². The maximum absolute atomic E-state index is 11.4. The largest absolute Gasteiger partial charge is 0.385 e. The predicted octanol–water partition coefficient (Wildman–Crippen LogP) is 0.799. The lowest BCUT2D eigenvalue weighted by atomic mass is 10.1. The van der Waals surface area contributed by atoms with E-state index in [1.54, 1.807) is 14.0 Å². The first-order valence-electron chi connectivity index (χ1n) is 9.63. The molecule has 1 rings (SSSR count). The minimum atomic E-state index is -3.11. The summed E-state index contributed by atoms with van der Waals surface area (Å²) in [5.74, 6) is 1.02. The zero-order chi connectivity index (χ0) is 19.3. The van der Waals surface area contributed by atoms with Crippen molar-refractivity contribution in [2.45, 2.75) is 45.6 Å². The van der Waals surface area contributed by atoms with Crippen LogP contribution < -0.4 is 10.0 Å². The number of methoxy groups -OCH3 is 1. The Hall–Kier alpha value is -0.900. The summed E-state index contributed by atoms with van der Waals surface area (Å²) < 4.78 is 36.3. The topological polar surface area (TPSA) is 92.3 Å². The SMILES string of the molecule is CCNC(=NCCCNS(=O)(=O)CC)N1CCC(OCCCOC)CC1. The zero-order valence-corrected chi connectivity index (χ0v) is 17.3. The van der Waals surface area contributed by atoms with Gasteiger partial charge in [0, 0.05) is 53.0 Å². The van der Waals surface area contributed by atoms with Crippen molar-refractivity contribution >= 4 is 16.0 Å². The molecule has 9 heteroatoms. The average Bonchev–Trinajstić information content (AvgIpc) is 2.64. The van der Waals surface area contributed by atoms with Crippen LogP contribution >= 0.6 is 0 Å². The number of ether oxygens (including phenoxy) is 2. The summed E-state index contributed by atoms with van der Waals surface area (Å²) in [7, 11) is -1.41. The quantitative estimate of drug-likeness (QED) is 0.290. The Morgan fingerprint density at radius 1 is 1.19 bits per heavy atom. The summed E-state index contributed by atoms with van der Waals surface area (Å²) in [5, 5.41) is 3.33. The molecule has 1 heterocycles. The highest BCUT2D eigenvalue weighted by Crippen LogP contribution is 2.14. The summed E-state index contributed by atoms with van der Waals surface area (Å²) in [5.41, 5.74) is 0. The molecule has 0 aromatic heterocycles. The van der Waals surface area contributed by atoms with Crippen molar-refractivity contribution < 1.29 is 17.9 Å².